The maximum absolute atomic E-state index is 13.3. The second-order valence-corrected chi connectivity index (χ2v) is 7.74. The second kappa shape index (κ2) is 7.51. The molecule has 1 aromatic rings. The van der Waals surface area contributed by atoms with E-state index in [1.54, 1.807) is 31.7 Å². The summed E-state index contributed by atoms with van der Waals surface area (Å²) in [5.41, 5.74) is 0.0607. The summed E-state index contributed by atoms with van der Waals surface area (Å²) >= 11 is 3.33. The van der Waals surface area contributed by atoms with E-state index in [-0.39, 0.29) is 24.2 Å². The predicted octanol–water partition coefficient (Wildman–Crippen LogP) is 3.26. The van der Waals surface area contributed by atoms with Gasteiger partial charge in [0.2, 0.25) is 5.91 Å². The maximum atomic E-state index is 13.3. The van der Waals surface area contributed by atoms with Crippen LogP contribution in [-0.4, -0.2) is 41.6 Å². The number of halogens is 2. The third-order valence-electron chi connectivity index (χ3n) is 3.61. The summed E-state index contributed by atoms with van der Waals surface area (Å²) in [5.74, 6) is -0.457. The van der Waals surface area contributed by atoms with Gasteiger partial charge < -0.3 is 15.0 Å². The molecule has 2 rings (SSSR count). The van der Waals surface area contributed by atoms with E-state index in [9.17, 15) is 14.0 Å². The highest BCUT2D eigenvalue weighted by atomic mass is 79.9. The van der Waals surface area contributed by atoms with Gasteiger partial charge in [-0.1, -0.05) is 15.9 Å². The van der Waals surface area contributed by atoms with Crippen molar-refractivity contribution in [1.29, 1.82) is 0 Å². The van der Waals surface area contributed by atoms with Crippen LogP contribution in [0.5, 0.6) is 0 Å². The SMILES string of the molecule is CC(C)(C)OC(=O)NC1CCN(C(=O)Cc2cc(F)ccc2Br)C1. The van der Waals surface area contributed by atoms with Gasteiger partial charge in [0.15, 0.2) is 0 Å². The highest BCUT2D eigenvalue weighted by Crippen LogP contribution is 2.20. The first-order chi connectivity index (χ1) is 11.1. The number of rotatable bonds is 3. The first-order valence-corrected chi connectivity index (χ1v) is 8.64. The lowest BCUT2D eigenvalue weighted by Gasteiger charge is -2.22. The minimum atomic E-state index is -0.554. The molecule has 1 aromatic carbocycles. The lowest BCUT2D eigenvalue weighted by Crippen LogP contribution is -2.41. The van der Waals surface area contributed by atoms with Gasteiger partial charge in [-0.3, -0.25) is 4.79 Å². The fraction of sp³-hybridized carbons (Fsp3) is 0.529. The minimum Gasteiger partial charge on any atom is -0.444 e. The van der Waals surface area contributed by atoms with Gasteiger partial charge in [-0.25, -0.2) is 9.18 Å². The Morgan fingerprint density at radius 2 is 2.12 bits per heavy atom. The Morgan fingerprint density at radius 3 is 2.79 bits per heavy atom. The van der Waals surface area contributed by atoms with Crippen LogP contribution in [0, 0.1) is 5.82 Å². The number of likely N-dealkylation sites (tertiary alicyclic amines) is 1. The lowest BCUT2D eigenvalue weighted by molar-refractivity contribution is -0.129. The van der Waals surface area contributed by atoms with E-state index in [4.69, 9.17) is 4.74 Å². The van der Waals surface area contributed by atoms with E-state index in [0.29, 0.717) is 29.5 Å². The van der Waals surface area contributed by atoms with Crippen molar-refractivity contribution >= 4 is 27.9 Å². The van der Waals surface area contributed by atoms with E-state index in [1.807, 2.05) is 0 Å². The molecule has 1 unspecified atom stereocenters. The molecule has 7 heteroatoms. The van der Waals surface area contributed by atoms with Crippen LogP contribution in [0.3, 0.4) is 0 Å². The van der Waals surface area contributed by atoms with Crippen molar-refractivity contribution < 1.29 is 18.7 Å². The molecule has 1 aliphatic rings. The monoisotopic (exact) mass is 400 g/mol. The molecule has 1 saturated heterocycles. The summed E-state index contributed by atoms with van der Waals surface area (Å²) in [4.78, 5) is 25.8. The molecule has 0 bridgehead atoms. The van der Waals surface area contributed by atoms with Crippen molar-refractivity contribution in [3.8, 4) is 0 Å². The highest BCUT2D eigenvalue weighted by molar-refractivity contribution is 9.10. The Balaban J connectivity index is 1.87. The standard InChI is InChI=1S/C17H22BrFN2O3/c1-17(2,3)24-16(23)20-13-6-7-21(10-13)15(22)9-11-8-12(19)4-5-14(11)18/h4-5,8,13H,6-7,9-10H2,1-3H3,(H,20,23). The lowest BCUT2D eigenvalue weighted by atomic mass is 10.1. The molecule has 1 fully saturated rings. The van der Waals surface area contributed by atoms with E-state index in [2.05, 4.69) is 21.2 Å². The molecule has 0 aromatic heterocycles. The first-order valence-electron chi connectivity index (χ1n) is 7.85. The van der Waals surface area contributed by atoms with Gasteiger partial charge in [0, 0.05) is 17.6 Å². The third kappa shape index (κ3) is 5.47. The maximum Gasteiger partial charge on any atom is 0.407 e. The van der Waals surface area contributed by atoms with Gasteiger partial charge in [-0.05, 0) is 51.0 Å². The van der Waals surface area contributed by atoms with Crippen molar-refractivity contribution in [3.05, 3.63) is 34.1 Å². The van der Waals surface area contributed by atoms with Gasteiger partial charge in [-0.15, -0.1) is 0 Å². The van der Waals surface area contributed by atoms with Crippen LogP contribution in [0.1, 0.15) is 32.8 Å². The summed E-state index contributed by atoms with van der Waals surface area (Å²) in [5, 5.41) is 2.78. The molecule has 0 aliphatic carbocycles. The molecule has 1 N–H and O–H groups in total. The number of benzene rings is 1. The van der Waals surface area contributed by atoms with E-state index in [1.165, 1.54) is 12.1 Å². The van der Waals surface area contributed by atoms with Crippen molar-refractivity contribution in [2.24, 2.45) is 0 Å². The van der Waals surface area contributed by atoms with Gasteiger partial charge >= 0.3 is 6.09 Å². The molecule has 24 heavy (non-hydrogen) atoms. The Labute approximate surface area is 149 Å². The molecule has 1 atom stereocenters. The molecule has 1 heterocycles. The zero-order valence-electron chi connectivity index (χ0n) is 14.1. The summed E-state index contributed by atoms with van der Waals surface area (Å²) in [7, 11) is 0. The number of amides is 2. The van der Waals surface area contributed by atoms with Crippen molar-refractivity contribution in [1.82, 2.24) is 10.2 Å². The quantitative estimate of drug-likeness (QED) is 0.846. The number of ether oxygens (including phenoxy) is 1. The zero-order valence-corrected chi connectivity index (χ0v) is 15.7. The third-order valence-corrected chi connectivity index (χ3v) is 4.38. The molecule has 0 radical (unpaired) electrons. The van der Waals surface area contributed by atoms with Crippen LogP contribution in [0.4, 0.5) is 9.18 Å². The highest BCUT2D eigenvalue weighted by Gasteiger charge is 2.29. The normalized spacial score (nSPS) is 17.7. The van der Waals surface area contributed by atoms with E-state index < -0.39 is 11.7 Å². The van der Waals surface area contributed by atoms with Gasteiger partial charge in [0.05, 0.1) is 12.5 Å². The molecule has 5 nitrogen and oxygen atoms in total. The number of alkyl carbamates (subject to hydrolysis) is 1. The number of nitrogens with one attached hydrogen (secondary N) is 1. The smallest absolute Gasteiger partial charge is 0.407 e. The van der Waals surface area contributed by atoms with Gasteiger partial charge in [0.1, 0.15) is 11.4 Å². The number of nitrogens with zero attached hydrogens (tertiary/aromatic N) is 1. The number of hydrogen-bond acceptors (Lipinski definition) is 3. The summed E-state index contributed by atoms with van der Waals surface area (Å²) in [6.45, 7) is 6.40. The van der Waals surface area contributed by atoms with E-state index >= 15 is 0 Å². The Kier molecular flexibility index (Phi) is 5.85. The Morgan fingerprint density at radius 1 is 1.42 bits per heavy atom. The topological polar surface area (TPSA) is 58.6 Å². The van der Waals surface area contributed by atoms with Crippen LogP contribution in [0.15, 0.2) is 22.7 Å². The number of carbonyl (C=O) groups is 2. The van der Waals surface area contributed by atoms with Crippen LogP contribution >= 0.6 is 15.9 Å². The summed E-state index contributed by atoms with van der Waals surface area (Å²) in [6, 6.07) is 4.16. The van der Waals surface area contributed by atoms with Crippen molar-refractivity contribution in [2.75, 3.05) is 13.1 Å². The molecular formula is C17H22BrFN2O3. The molecule has 0 spiro atoms. The molecular weight excluding hydrogens is 379 g/mol. The fourth-order valence-corrected chi connectivity index (χ4v) is 2.92. The Hall–Kier alpha value is -1.63. The van der Waals surface area contributed by atoms with Crippen LogP contribution < -0.4 is 5.32 Å². The van der Waals surface area contributed by atoms with Crippen molar-refractivity contribution in [3.63, 3.8) is 0 Å². The average Bonchev–Trinajstić information content (AvgIpc) is 2.89. The molecule has 0 saturated carbocycles. The minimum absolute atomic E-state index is 0.0882. The zero-order chi connectivity index (χ0) is 17.9. The van der Waals surface area contributed by atoms with E-state index in [0.717, 1.165) is 0 Å². The average molecular weight is 401 g/mol. The van der Waals surface area contributed by atoms with Crippen LogP contribution in [0.25, 0.3) is 0 Å². The van der Waals surface area contributed by atoms with Crippen LogP contribution in [0.2, 0.25) is 0 Å². The number of hydrogen-bond donors (Lipinski definition) is 1. The first kappa shape index (κ1) is 18.7. The second-order valence-electron chi connectivity index (χ2n) is 6.88. The molecule has 132 valence electrons. The summed E-state index contributed by atoms with van der Waals surface area (Å²) < 4.78 is 19.2. The fourth-order valence-electron chi connectivity index (χ4n) is 2.53. The predicted molar refractivity (Wildman–Crippen MR) is 92.2 cm³/mol. The summed E-state index contributed by atoms with van der Waals surface area (Å²) in [6.07, 6.45) is 0.321. The van der Waals surface area contributed by atoms with Crippen LogP contribution in [-0.2, 0) is 16.0 Å². The van der Waals surface area contributed by atoms with Gasteiger partial charge in [-0.2, -0.15) is 0 Å². The van der Waals surface area contributed by atoms with Crippen molar-refractivity contribution in [2.45, 2.75) is 45.3 Å². The van der Waals surface area contributed by atoms with Gasteiger partial charge in [0.25, 0.3) is 0 Å². The Bertz CT molecular complexity index is 631. The number of carbonyl (C=O) groups excluding carboxylic acids is 2. The molecule has 1 aliphatic heterocycles. The largest absolute Gasteiger partial charge is 0.444 e. The molecule has 2 amide bonds.